The van der Waals surface area contributed by atoms with Crippen LogP contribution >= 0.6 is 0 Å². The van der Waals surface area contributed by atoms with Crippen LogP contribution in [0.2, 0.25) is 0 Å². The lowest BCUT2D eigenvalue weighted by Gasteiger charge is -2.32. The first-order valence-corrected chi connectivity index (χ1v) is 11.5. The van der Waals surface area contributed by atoms with Crippen molar-refractivity contribution < 1.29 is 13.2 Å². The molecule has 6 heteroatoms. The van der Waals surface area contributed by atoms with Gasteiger partial charge in [-0.15, -0.1) is 0 Å². The minimum Gasteiger partial charge on any atom is -0.326 e. The van der Waals surface area contributed by atoms with Gasteiger partial charge in [0.1, 0.15) is 0 Å². The van der Waals surface area contributed by atoms with Crippen molar-refractivity contribution in [2.75, 3.05) is 18.4 Å². The Morgan fingerprint density at radius 2 is 1.69 bits per heavy atom. The smallest absolute Gasteiger partial charge is 0.243 e. The third-order valence-corrected chi connectivity index (χ3v) is 7.99. The maximum atomic E-state index is 13.4. The van der Waals surface area contributed by atoms with Gasteiger partial charge in [0.2, 0.25) is 15.9 Å². The molecule has 29 heavy (non-hydrogen) atoms. The summed E-state index contributed by atoms with van der Waals surface area (Å²) in [6, 6.07) is 9.60. The van der Waals surface area contributed by atoms with Crippen molar-refractivity contribution in [2.24, 2.45) is 5.92 Å². The zero-order valence-corrected chi connectivity index (χ0v) is 18.7. The lowest BCUT2D eigenvalue weighted by Crippen LogP contribution is -2.44. The van der Waals surface area contributed by atoms with E-state index < -0.39 is 10.0 Å². The molecule has 1 aliphatic rings. The standard InChI is InChI=1S/C23H30N2O3S/c1-15-12-17(3)22(18(4)13-15)29(27,28)25-11-7-9-20(14-25)23(26)24-21-10-6-8-16(2)19(21)5/h6,8,10,12-13,20H,7,9,11,14H2,1-5H3,(H,24,26)/t20-/m0/s1. The molecule has 156 valence electrons. The number of anilines is 1. The molecule has 0 aromatic heterocycles. The van der Waals surface area contributed by atoms with Crippen LogP contribution in [0.3, 0.4) is 0 Å². The zero-order chi connectivity index (χ0) is 21.3. The quantitative estimate of drug-likeness (QED) is 0.812. The van der Waals surface area contributed by atoms with E-state index in [4.69, 9.17) is 0 Å². The number of aryl methyl sites for hydroxylation is 4. The largest absolute Gasteiger partial charge is 0.326 e. The second-order valence-corrected chi connectivity index (χ2v) is 10.0. The molecule has 0 unspecified atom stereocenters. The van der Waals surface area contributed by atoms with Crippen molar-refractivity contribution in [3.63, 3.8) is 0 Å². The van der Waals surface area contributed by atoms with E-state index in [2.05, 4.69) is 5.32 Å². The van der Waals surface area contributed by atoms with Gasteiger partial charge >= 0.3 is 0 Å². The monoisotopic (exact) mass is 414 g/mol. The number of nitrogens with one attached hydrogen (secondary N) is 1. The van der Waals surface area contributed by atoms with Crippen LogP contribution in [0.25, 0.3) is 0 Å². The lowest BCUT2D eigenvalue weighted by atomic mass is 9.98. The predicted molar refractivity (Wildman–Crippen MR) is 117 cm³/mol. The Bertz CT molecular complexity index is 1020. The molecule has 1 fully saturated rings. The molecule has 1 saturated heterocycles. The number of carbonyl (C=O) groups excluding carboxylic acids is 1. The van der Waals surface area contributed by atoms with Crippen molar-refractivity contribution in [3.05, 3.63) is 58.1 Å². The molecule has 0 spiro atoms. The van der Waals surface area contributed by atoms with Gasteiger partial charge in [0.15, 0.2) is 0 Å². The molecule has 0 saturated carbocycles. The fourth-order valence-electron chi connectivity index (χ4n) is 4.20. The first-order chi connectivity index (χ1) is 13.6. The SMILES string of the molecule is Cc1cc(C)c(S(=O)(=O)N2CCC[C@H](C(=O)Nc3cccc(C)c3C)C2)c(C)c1. The molecule has 1 heterocycles. The number of hydrogen-bond acceptors (Lipinski definition) is 3. The van der Waals surface area contributed by atoms with Crippen LogP contribution in [0, 0.1) is 40.5 Å². The van der Waals surface area contributed by atoms with Crippen molar-refractivity contribution in [3.8, 4) is 0 Å². The molecule has 1 atom stereocenters. The number of rotatable bonds is 4. The maximum Gasteiger partial charge on any atom is 0.243 e. The van der Waals surface area contributed by atoms with E-state index in [0.717, 1.165) is 33.5 Å². The predicted octanol–water partition coefficient (Wildman–Crippen LogP) is 4.27. The van der Waals surface area contributed by atoms with E-state index in [9.17, 15) is 13.2 Å². The Morgan fingerprint density at radius 3 is 2.34 bits per heavy atom. The number of piperidine rings is 1. The highest BCUT2D eigenvalue weighted by atomic mass is 32.2. The van der Waals surface area contributed by atoms with Gasteiger partial charge in [-0.3, -0.25) is 4.79 Å². The van der Waals surface area contributed by atoms with E-state index in [1.165, 1.54) is 4.31 Å². The Kier molecular flexibility index (Phi) is 6.15. The van der Waals surface area contributed by atoms with Gasteiger partial charge < -0.3 is 5.32 Å². The highest BCUT2D eigenvalue weighted by Gasteiger charge is 2.35. The molecular weight excluding hydrogens is 384 g/mol. The summed E-state index contributed by atoms with van der Waals surface area (Å²) in [7, 11) is -3.64. The number of nitrogens with zero attached hydrogens (tertiary/aromatic N) is 1. The molecule has 1 N–H and O–H groups in total. The number of amides is 1. The average Bonchev–Trinajstić information content (AvgIpc) is 2.64. The van der Waals surface area contributed by atoms with Crippen LogP contribution in [-0.2, 0) is 14.8 Å². The van der Waals surface area contributed by atoms with Crippen molar-refractivity contribution in [2.45, 2.75) is 52.4 Å². The first kappa shape index (κ1) is 21.5. The summed E-state index contributed by atoms with van der Waals surface area (Å²) in [4.78, 5) is 13.3. The molecule has 3 rings (SSSR count). The summed E-state index contributed by atoms with van der Waals surface area (Å²) in [5, 5.41) is 3.00. The van der Waals surface area contributed by atoms with Gasteiger partial charge in [-0.05, 0) is 75.8 Å². The highest BCUT2D eigenvalue weighted by molar-refractivity contribution is 7.89. The molecule has 1 aliphatic heterocycles. The Labute approximate surface area is 174 Å². The van der Waals surface area contributed by atoms with Crippen LogP contribution in [0.1, 0.15) is 40.7 Å². The maximum absolute atomic E-state index is 13.4. The van der Waals surface area contributed by atoms with E-state index >= 15 is 0 Å². The van der Waals surface area contributed by atoms with E-state index in [1.54, 1.807) is 0 Å². The molecule has 2 aromatic rings. The number of sulfonamides is 1. The highest BCUT2D eigenvalue weighted by Crippen LogP contribution is 2.29. The normalized spacial score (nSPS) is 17.9. The van der Waals surface area contributed by atoms with Crippen LogP contribution in [0.5, 0.6) is 0 Å². The summed E-state index contributed by atoms with van der Waals surface area (Å²) in [5.74, 6) is -0.472. The molecule has 1 amide bonds. The topological polar surface area (TPSA) is 66.5 Å². The van der Waals surface area contributed by atoms with Crippen molar-refractivity contribution in [1.29, 1.82) is 0 Å². The molecular formula is C23H30N2O3S. The summed E-state index contributed by atoms with van der Waals surface area (Å²) in [6.45, 7) is 10.3. The van der Waals surface area contributed by atoms with Crippen LogP contribution in [0.4, 0.5) is 5.69 Å². The average molecular weight is 415 g/mol. The van der Waals surface area contributed by atoms with Gasteiger partial charge in [-0.2, -0.15) is 4.31 Å². The van der Waals surface area contributed by atoms with Crippen molar-refractivity contribution >= 4 is 21.6 Å². The summed E-state index contributed by atoms with van der Waals surface area (Å²) in [5.41, 5.74) is 5.49. The zero-order valence-electron chi connectivity index (χ0n) is 17.9. The number of hydrogen-bond donors (Lipinski definition) is 1. The minimum absolute atomic E-state index is 0.115. The molecule has 2 aromatic carbocycles. The summed E-state index contributed by atoms with van der Waals surface area (Å²) >= 11 is 0. The van der Waals surface area contributed by atoms with Gasteiger partial charge in [-0.1, -0.05) is 29.8 Å². The molecule has 0 aliphatic carbocycles. The Hall–Kier alpha value is -2.18. The van der Waals surface area contributed by atoms with Crippen LogP contribution in [-0.4, -0.2) is 31.7 Å². The van der Waals surface area contributed by atoms with E-state index in [1.807, 2.05) is 65.0 Å². The fraction of sp³-hybridized carbons (Fsp3) is 0.435. The van der Waals surface area contributed by atoms with Gasteiger partial charge in [0, 0.05) is 18.8 Å². The molecule has 5 nitrogen and oxygen atoms in total. The molecule has 0 radical (unpaired) electrons. The number of benzene rings is 2. The summed E-state index contributed by atoms with van der Waals surface area (Å²) < 4.78 is 28.2. The second-order valence-electron chi connectivity index (χ2n) is 8.17. The lowest BCUT2D eigenvalue weighted by molar-refractivity contribution is -0.120. The van der Waals surface area contributed by atoms with Gasteiger partial charge in [0.05, 0.1) is 10.8 Å². The minimum atomic E-state index is -3.64. The Balaban J connectivity index is 1.81. The third kappa shape index (κ3) is 4.38. The third-order valence-electron chi connectivity index (χ3n) is 5.82. The second kappa shape index (κ2) is 8.28. The Morgan fingerprint density at radius 1 is 1.03 bits per heavy atom. The summed E-state index contributed by atoms with van der Waals surface area (Å²) in [6.07, 6.45) is 1.36. The van der Waals surface area contributed by atoms with Gasteiger partial charge in [0.25, 0.3) is 0 Å². The van der Waals surface area contributed by atoms with Crippen LogP contribution in [0.15, 0.2) is 35.2 Å². The first-order valence-electron chi connectivity index (χ1n) is 10.1. The van der Waals surface area contributed by atoms with E-state index in [0.29, 0.717) is 24.3 Å². The van der Waals surface area contributed by atoms with Crippen molar-refractivity contribution in [1.82, 2.24) is 4.31 Å². The number of carbonyl (C=O) groups is 1. The van der Waals surface area contributed by atoms with E-state index in [-0.39, 0.29) is 18.4 Å². The molecule has 0 bridgehead atoms. The fourth-order valence-corrected chi connectivity index (χ4v) is 6.13. The van der Waals surface area contributed by atoms with Gasteiger partial charge in [-0.25, -0.2) is 8.42 Å². The van der Waals surface area contributed by atoms with Crippen LogP contribution < -0.4 is 5.32 Å².